The molecule has 1 heterocycles. The van der Waals surface area contributed by atoms with Gasteiger partial charge in [-0.3, -0.25) is 19.2 Å². The number of carbonyl (C=O) groups is 5. The van der Waals surface area contributed by atoms with Gasteiger partial charge in [-0.25, -0.2) is 9.78 Å². The number of aromatic amines is 1. The number of hydrogen-bond acceptors (Lipinski definition) is 8. The third-order valence-electron chi connectivity index (χ3n) is 5.61. The summed E-state index contributed by atoms with van der Waals surface area (Å²) in [6, 6.07) is 3.24. The molecule has 0 fully saturated rings. The Balaban J connectivity index is 2.22. The van der Waals surface area contributed by atoms with Crippen LogP contribution in [0, 0.1) is 0 Å². The number of aromatic nitrogens is 2. The van der Waals surface area contributed by atoms with Gasteiger partial charge in [-0.2, -0.15) is 0 Å². The van der Waals surface area contributed by atoms with Crippen LogP contribution in [-0.2, 0) is 36.8 Å². The zero-order valence-electron chi connectivity index (χ0n) is 20.7. The molecule has 38 heavy (non-hydrogen) atoms. The first-order valence-electron chi connectivity index (χ1n) is 11.8. The molecular formula is C24H32N6O8. The first kappa shape index (κ1) is 29.9. The van der Waals surface area contributed by atoms with Crippen molar-refractivity contribution in [2.75, 3.05) is 0 Å². The molecule has 0 radical (unpaired) electrons. The van der Waals surface area contributed by atoms with Crippen LogP contribution in [0.15, 0.2) is 42.9 Å². The number of amides is 3. The first-order valence-corrected chi connectivity index (χ1v) is 11.8. The highest BCUT2D eigenvalue weighted by Crippen LogP contribution is 2.07. The fourth-order valence-electron chi connectivity index (χ4n) is 3.44. The van der Waals surface area contributed by atoms with Crippen LogP contribution >= 0.6 is 0 Å². The molecule has 14 nitrogen and oxygen atoms in total. The lowest BCUT2D eigenvalue weighted by atomic mass is 10.0. The Bertz CT molecular complexity index is 1090. The van der Waals surface area contributed by atoms with E-state index in [4.69, 9.17) is 10.8 Å². The van der Waals surface area contributed by atoms with Crippen molar-refractivity contribution < 1.29 is 39.3 Å². The summed E-state index contributed by atoms with van der Waals surface area (Å²) in [5.41, 5.74) is 6.72. The number of carbonyl (C=O) groups excluding carboxylic acids is 3. The number of nitrogens with zero attached hydrogens (tertiary/aromatic N) is 1. The fraction of sp³-hybridized carbons (Fsp3) is 0.417. The zero-order valence-corrected chi connectivity index (χ0v) is 20.7. The monoisotopic (exact) mass is 532 g/mol. The summed E-state index contributed by atoms with van der Waals surface area (Å²) in [6.45, 7) is 1.27. The second kappa shape index (κ2) is 14.4. The van der Waals surface area contributed by atoms with Crippen LogP contribution in [0.3, 0.4) is 0 Å². The van der Waals surface area contributed by atoms with Gasteiger partial charge in [0, 0.05) is 31.2 Å². The number of aliphatic hydroxyl groups is 1. The van der Waals surface area contributed by atoms with E-state index in [2.05, 4.69) is 25.9 Å². The van der Waals surface area contributed by atoms with Crippen LogP contribution in [0.1, 0.15) is 31.0 Å². The van der Waals surface area contributed by atoms with E-state index in [9.17, 15) is 34.2 Å². The molecule has 0 saturated heterocycles. The molecule has 0 aliphatic heterocycles. The summed E-state index contributed by atoms with van der Waals surface area (Å²) in [4.78, 5) is 68.2. The number of aliphatic hydroxyl groups excluding tert-OH is 1. The third-order valence-corrected chi connectivity index (χ3v) is 5.61. The third kappa shape index (κ3) is 9.63. The van der Waals surface area contributed by atoms with Crippen molar-refractivity contribution in [3.8, 4) is 0 Å². The highest BCUT2D eigenvalue weighted by molar-refractivity contribution is 5.94. The molecule has 2 rings (SSSR count). The molecular weight excluding hydrogens is 500 g/mol. The van der Waals surface area contributed by atoms with Gasteiger partial charge in [0.25, 0.3) is 0 Å². The summed E-state index contributed by atoms with van der Waals surface area (Å²) < 4.78 is 0. The number of H-pyrrole nitrogens is 1. The van der Waals surface area contributed by atoms with Crippen LogP contribution in [-0.4, -0.2) is 85.2 Å². The molecule has 3 amide bonds. The highest BCUT2D eigenvalue weighted by Gasteiger charge is 2.31. The van der Waals surface area contributed by atoms with Crippen LogP contribution in [0.2, 0.25) is 0 Å². The molecule has 0 bridgehead atoms. The van der Waals surface area contributed by atoms with E-state index in [0.717, 1.165) is 0 Å². The van der Waals surface area contributed by atoms with Gasteiger partial charge in [0.2, 0.25) is 17.7 Å². The number of benzene rings is 1. The quantitative estimate of drug-likeness (QED) is 0.129. The minimum atomic E-state index is -1.40. The molecule has 1 aromatic carbocycles. The lowest BCUT2D eigenvalue weighted by molar-refractivity contribution is -0.142. The van der Waals surface area contributed by atoms with E-state index in [1.165, 1.54) is 19.4 Å². The van der Waals surface area contributed by atoms with Gasteiger partial charge >= 0.3 is 11.9 Å². The Kier molecular flexibility index (Phi) is 11.4. The number of carboxylic acids is 2. The van der Waals surface area contributed by atoms with Crippen molar-refractivity contribution >= 4 is 29.7 Å². The summed E-state index contributed by atoms with van der Waals surface area (Å²) in [5.74, 6) is -5.12. The number of nitrogens with one attached hydrogen (secondary N) is 4. The molecule has 5 atom stereocenters. The minimum Gasteiger partial charge on any atom is -0.481 e. The molecule has 0 aliphatic rings. The number of carboxylic acid groups (broad SMARTS) is 2. The van der Waals surface area contributed by atoms with Crippen LogP contribution in [0.4, 0.5) is 0 Å². The average Bonchev–Trinajstić information content (AvgIpc) is 3.38. The first-order chi connectivity index (χ1) is 18.0. The molecule has 0 saturated carbocycles. The van der Waals surface area contributed by atoms with Gasteiger partial charge < -0.3 is 42.0 Å². The summed E-state index contributed by atoms with van der Waals surface area (Å²) >= 11 is 0. The molecule has 14 heteroatoms. The van der Waals surface area contributed by atoms with E-state index < -0.39 is 66.4 Å². The minimum absolute atomic E-state index is 0.0127. The molecule has 2 aromatic rings. The maximum atomic E-state index is 13.2. The highest BCUT2D eigenvalue weighted by atomic mass is 16.4. The number of nitrogens with two attached hydrogens (primary N) is 1. The number of imidazole rings is 1. The molecule has 0 aliphatic carbocycles. The Morgan fingerprint density at radius 2 is 1.53 bits per heavy atom. The molecule has 206 valence electrons. The SMILES string of the molecule is CC(O)C(N)C(=O)NC(CCC(=O)O)C(=O)NC(Cc1cnc[nH]1)C(=O)NC(Cc1ccccc1)C(=O)O. The van der Waals surface area contributed by atoms with Crippen molar-refractivity contribution in [3.05, 3.63) is 54.1 Å². The Labute approximate surface area is 218 Å². The molecule has 1 aromatic heterocycles. The number of aliphatic carboxylic acids is 2. The van der Waals surface area contributed by atoms with Gasteiger partial charge in [0.05, 0.1) is 12.4 Å². The Hall–Kier alpha value is -4.30. The smallest absolute Gasteiger partial charge is 0.326 e. The normalized spacial score (nSPS) is 14.8. The van der Waals surface area contributed by atoms with Crippen LogP contribution in [0.5, 0.6) is 0 Å². The van der Waals surface area contributed by atoms with E-state index in [1.807, 2.05) is 0 Å². The van der Waals surface area contributed by atoms with E-state index in [0.29, 0.717) is 11.3 Å². The van der Waals surface area contributed by atoms with Crippen molar-refractivity contribution in [2.45, 2.75) is 62.9 Å². The van der Waals surface area contributed by atoms with Gasteiger partial charge in [-0.15, -0.1) is 0 Å². The van der Waals surface area contributed by atoms with Gasteiger partial charge in [-0.05, 0) is 18.9 Å². The zero-order chi connectivity index (χ0) is 28.2. The summed E-state index contributed by atoms with van der Waals surface area (Å²) in [5, 5.41) is 35.5. The Morgan fingerprint density at radius 3 is 2.08 bits per heavy atom. The predicted octanol–water partition coefficient (Wildman–Crippen LogP) is -1.69. The van der Waals surface area contributed by atoms with Crippen LogP contribution in [0.25, 0.3) is 0 Å². The van der Waals surface area contributed by atoms with Crippen molar-refractivity contribution in [2.24, 2.45) is 5.73 Å². The van der Waals surface area contributed by atoms with Crippen LogP contribution < -0.4 is 21.7 Å². The van der Waals surface area contributed by atoms with E-state index in [-0.39, 0.29) is 19.3 Å². The van der Waals surface area contributed by atoms with Crippen molar-refractivity contribution in [1.29, 1.82) is 0 Å². The summed E-state index contributed by atoms with van der Waals surface area (Å²) in [6.07, 6.45) is 0.588. The molecule has 5 unspecified atom stereocenters. The topological polar surface area (TPSA) is 237 Å². The molecule has 0 spiro atoms. The number of rotatable bonds is 15. The predicted molar refractivity (Wildman–Crippen MR) is 132 cm³/mol. The standard InChI is InChI=1S/C24H32N6O8/c1-13(31)20(25)23(36)28-16(7-8-19(32)33)21(34)29-17(10-15-11-26-12-27-15)22(35)30-18(24(37)38)9-14-5-3-2-4-6-14/h2-6,11-13,16-18,20,31H,7-10,25H2,1H3,(H,26,27)(H,28,36)(H,29,34)(H,30,35)(H,32,33)(H,37,38). The van der Waals surface area contributed by atoms with Gasteiger partial charge in [-0.1, -0.05) is 30.3 Å². The second-order valence-corrected chi connectivity index (χ2v) is 8.69. The van der Waals surface area contributed by atoms with Gasteiger partial charge in [0.1, 0.15) is 24.2 Å². The second-order valence-electron chi connectivity index (χ2n) is 8.69. The average molecular weight is 533 g/mol. The Morgan fingerprint density at radius 1 is 0.921 bits per heavy atom. The lowest BCUT2D eigenvalue weighted by Gasteiger charge is -2.25. The maximum absolute atomic E-state index is 13.2. The maximum Gasteiger partial charge on any atom is 0.326 e. The van der Waals surface area contributed by atoms with E-state index >= 15 is 0 Å². The fourth-order valence-corrected chi connectivity index (χ4v) is 3.44. The lowest BCUT2D eigenvalue weighted by Crippen LogP contribution is -2.58. The van der Waals surface area contributed by atoms with Gasteiger partial charge in [0.15, 0.2) is 0 Å². The molecule has 9 N–H and O–H groups in total. The van der Waals surface area contributed by atoms with Crippen molar-refractivity contribution in [1.82, 2.24) is 25.9 Å². The largest absolute Gasteiger partial charge is 0.481 e. The summed E-state index contributed by atoms with van der Waals surface area (Å²) in [7, 11) is 0. The number of hydrogen-bond donors (Lipinski definition) is 8. The van der Waals surface area contributed by atoms with Crippen molar-refractivity contribution in [3.63, 3.8) is 0 Å². The van der Waals surface area contributed by atoms with E-state index in [1.54, 1.807) is 30.3 Å².